The highest BCUT2D eigenvalue weighted by Crippen LogP contribution is 2.34. The summed E-state index contributed by atoms with van der Waals surface area (Å²) in [6.07, 6.45) is 3.74. The van der Waals surface area contributed by atoms with Gasteiger partial charge in [-0.1, -0.05) is 18.5 Å². The molecule has 14 heavy (non-hydrogen) atoms. The average Bonchev–Trinajstić information content (AvgIpc) is 2.50. The Hall–Kier alpha value is -0.900. The van der Waals surface area contributed by atoms with E-state index in [2.05, 4.69) is 22.4 Å². The fraction of sp³-hybridized carbons (Fsp3) is 0.800. The molecule has 1 unspecified atom stereocenters. The molecule has 2 rings (SSSR count). The molecule has 1 heterocycles. The van der Waals surface area contributed by atoms with E-state index in [1.165, 1.54) is 19.3 Å². The van der Waals surface area contributed by atoms with Gasteiger partial charge in [0.15, 0.2) is 5.82 Å². The van der Waals surface area contributed by atoms with E-state index in [1.54, 1.807) is 0 Å². The van der Waals surface area contributed by atoms with Crippen LogP contribution in [0.2, 0.25) is 0 Å². The molecule has 1 fully saturated rings. The zero-order valence-electron chi connectivity index (χ0n) is 8.79. The van der Waals surface area contributed by atoms with Crippen molar-refractivity contribution in [2.45, 2.75) is 45.1 Å². The third-order valence-electron chi connectivity index (χ3n) is 2.81. The van der Waals surface area contributed by atoms with Crippen LogP contribution in [0, 0.1) is 0 Å². The Bertz CT molecular complexity index is 293. The van der Waals surface area contributed by atoms with Gasteiger partial charge in [-0.2, -0.15) is 4.98 Å². The SMILES string of the molecule is CCNC(C)c1nc(C2CCC2)no1. The lowest BCUT2D eigenvalue weighted by atomic mass is 9.85. The van der Waals surface area contributed by atoms with E-state index in [0.29, 0.717) is 11.8 Å². The van der Waals surface area contributed by atoms with Crippen LogP contribution < -0.4 is 5.32 Å². The smallest absolute Gasteiger partial charge is 0.243 e. The second-order valence-electron chi connectivity index (χ2n) is 3.90. The van der Waals surface area contributed by atoms with Crippen LogP contribution in [-0.2, 0) is 0 Å². The molecule has 1 aromatic rings. The van der Waals surface area contributed by atoms with E-state index >= 15 is 0 Å². The highest BCUT2D eigenvalue weighted by molar-refractivity contribution is 5.01. The molecule has 1 aromatic heterocycles. The Morgan fingerprint density at radius 3 is 2.93 bits per heavy atom. The lowest BCUT2D eigenvalue weighted by Crippen LogP contribution is -2.18. The van der Waals surface area contributed by atoms with Gasteiger partial charge in [-0.15, -0.1) is 0 Å². The first kappa shape index (κ1) is 9.65. The fourth-order valence-corrected chi connectivity index (χ4v) is 1.65. The van der Waals surface area contributed by atoms with Gasteiger partial charge in [-0.3, -0.25) is 0 Å². The summed E-state index contributed by atoms with van der Waals surface area (Å²) in [4.78, 5) is 4.41. The zero-order chi connectivity index (χ0) is 9.97. The molecule has 0 amide bonds. The van der Waals surface area contributed by atoms with Crippen LogP contribution in [0.3, 0.4) is 0 Å². The number of nitrogens with one attached hydrogen (secondary N) is 1. The topological polar surface area (TPSA) is 51.0 Å². The minimum absolute atomic E-state index is 0.168. The molecule has 1 aliphatic rings. The minimum Gasteiger partial charge on any atom is -0.338 e. The van der Waals surface area contributed by atoms with Gasteiger partial charge in [0.1, 0.15) is 0 Å². The molecule has 1 aliphatic carbocycles. The standard InChI is InChI=1S/C10H17N3O/c1-3-11-7(2)10-12-9(13-14-10)8-5-4-6-8/h7-8,11H,3-6H2,1-2H3. The van der Waals surface area contributed by atoms with Crippen LogP contribution in [0.25, 0.3) is 0 Å². The monoisotopic (exact) mass is 195 g/mol. The Kier molecular flexibility index (Phi) is 2.82. The Labute approximate surface area is 84.1 Å². The molecule has 0 saturated heterocycles. The third kappa shape index (κ3) is 1.80. The first-order chi connectivity index (χ1) is 6.81. The summed E-state index contributed by atoms with van der Waals surface area (Å²) >= 11 is 0. The molecular weight excluding hydrogens is 178 g/mol. The summed E-state index contributed by atoms with van der Waals surface area (Å²) in [5.74, 6) is 2.17. The molecule has 0 aromatic carbocycles. The van der Waals surface area contributed by atoms with E-state index in [0.717, 1.165) is 12.4 Å². The first-order valence-electron chi connectivity index (χ1n) is 5.38. The van der Waals surface area contributed by atoms with E-state index in [4.69, 9.17) is 4.52 Å². The lowest BCUT2D eigenvalue weighted by molar-refractivity contribution is 0.326. The van der Waals surface area contributed by atoms with Crippen LogP contribution in [0.15, 0.2) is 4.52 Å². The van der Waals surface area contributed by atoms with E-state index in [-0.39, 0.29) is 6.04 Å². The first-order valence-corrected chi connectivity index (χ1v) is 5.38. The lowest BCUT2D eigenvalue weighted by Gasteiger charge is -2.21. The van der Waals surface area contributed by atoms with Gasteiger partial charge in [0, 0.05) is 5.92 Å². The number of aromatic nitrogens is 2. The molecule has 1 atom stereocenters. The van der Waals surface area contributed by atoms with Crippen molar-refractivity contribution in [3.05, 3.63) is 11.7 Å². The van der Waals surface area contributed by atoms with Crippen LogP contribution in [0.4, 0.5) is 0 Å². The highest BCUT2D eigenvalue weighted by Gasteiger charge is 2.25. The Morgan fingerprint density at radius 1 is 1.57 bits per heavy atom. The van der Waals surface area contributed by atoms with Crippen molar-refractivity contribution in [1.82, 2.24) is 15.5 Å². The second kappa shape index (κ2) is 4.09. The average molecular weight is 195 g/mol. The van der Waals surface area contributed by atoms with Gasteiger partial charge in [-0.05, 0) is 26.3 Å². The summed E-state index contributed by atoms with van der Waals surface area (Å²) < 4.78 is 5.21. The van der Waals surface area contributed by atoms with Crippen LogP contribution >= 0.6 is 0 Å². The van der Waals surface area contributed by atoms with Crippen molar-refractivity contribution in [2.24, 2.45) is 0 Å². The molecular formula is C10H17N3O. The van der Waals surface area contributed by atoms with Crippen molar-refractivity contribution in [3.63, 3.8) is 0 Å². The van der Waals surface area contributed by atoms with Gasteiger partial charge in [-0.25, -0.2) is 0 Å². The van der Waals surface area contributed by atoms with E-state index in [1.807, 2.05) is 6.92 Å². The molecule has 1 N–H and O–H groups in total. The molecule has 0 radical (unpaired) electrons. The summed E-state index contributed by atoms with van der Waals surface area (Å²) in [5.41, 5.74) is 0. The van der Waals surface area contributed by atoms with Gasteiger partial charge >= 0.3 is 0 Å². The van der Waals surface area contributed by atoms with Crippen LogP contribution in [0.1, 0.15) is 56.8 Å². The molecule has 4 nitrogen and oxygen atoms in total. The maximum atomic E-state index is 5.21. The van der Waals surface area contributed by atoms with E-state index in [9.17, 15) is 0 Å². The Balaban J connectivity index is 2.01. The summed E-state index contributed by atoms with van der Waals surface area (Å²) in [6.45, 7) is 5.03. The van der Waals surface area contributed by atoms with Crippen molar-refractivity contribution >= 4 is 0 Å². The molecule has 78 valence electrons. The third-order valence-corrected chi connectivity index (χ3v) is 2.81. The number of nitrogens with zero attached hydrogens (tertiary/aromatic N) is 2. The predicted molar refractivity (Wildman–Crippen MR) is 53.0 cm³/mol. The normalized spacial score (nSPS) is 19.3. The maximum absolute atomic E-state index is 5.21. The number of rotatable bonds is 4. The number of hydrogen-bond acceptors (Lipinski definition) is 4. The van der Waals surface area contributed by atoms with Gasteiger partial charge < -0.3 is 9.84 Å². The summed E-state index contributed by atoms with van der Waals surface area (Å²) in [5, 5.41) is 7.27. The molecule has 0 aliphatic heterocycles. The number of hydrogen-bond donors (Lipinski definition) is 1. The second-order valence-corrected chi connectivity index (χ2v) is 3.90. The largest absolute Gasteiger partial charge is 0.338 e. The van der Waals surface area contributed by atoms with Crippen LogP contribution in [0.5, 0.6) is 0 Å². The van der Waals surface area contributed by atoms with Crippen LogP contribution in [-0.4, -0.2) is 16.7 Å². The van der Waals surface area contributed by atoms with Gasteiger partial charge in [0.25, 0.3) is 0 Å². The van der Waals surface area contributed by atoms with Gasteiger partial charge in [0.2, 0.25) is 5.89 Å². The van der Waals surface area contributed by atoms with E-state index < -0.39 is 0 Å². The zero-order valence-corrected chi connectivity index (χ0v) is 8.79. The van der Waals surface area contributed by atoms with Gasteiger partial charge in [0.05, 0.1) is 6.04 Å². The maximum Gasteiger partial charge on any atom is 0.243 e. The molecule has 0 bridgehead atoms. The van der Waals surface area contributed by atoms with Crippen molar-refractivity contribution < 1.29 is 4.52 Å². The predicted octanol–water partition coefficient (Wildman–Crippen LogP) is 2.01. The van der Waals surface area contributed by atoms with Crippen molar-refractivity contribution in [2.75, 3.05) is 6.54 Å². The fourth-order valence-electron chi connectivity index (χ4n) is 1.65. The van der Waals surface area contributed by atoms with Crippen molar-refractivity contribution in [3.8, 4) is 0 Å². The molecule has 0 spiro atoms. The molecule has 4 heteroatoms. The van der Waals surface area contributed by atoms with Crippen molar-refractivity contribution in [1.29, 1.82) is 0 Å². The quantitative estimate of drug-likeness (QED) is 0.798. The molecule has 1 saturated carbocycles. The Morgan fingerprint density at radius 2 is 2.36 bits per heavy atom. The minimum atomic E-state index is 0.168. The highest BCUT2D eigenvalue weighted by atomic mass is 16.5. The summed E-state index contributed by atoms with van der Waals surface area (Å²) in [6, 6.07) is 0.168. The summed E-state index contributed by atoms with van der Waals surface area (Å²) in [7, 11) is 0.